The lowest BCUT2D eigenvalue weighted by molar-refractivity contribution is -0.311. The fourth-order valence-electron chi connectivity index (χ4n) is 15.9. The Kier molecular flexibility index (Phi) is 13.7. The first-order valence-corrected chi connectivity index (χ1v) is 24.8. The molecule has 0 radical (unpaired) electrons. The maximum atomic E-state index is 14.4. The van der Waals surface area contributed by atoms with E-state index in [-0.39, 0.29) is 97.1 Å². The van der Waals surface area contributed by atoms with Gasteiger partial charge in [0.05, 0.1) is 67.6 Å². The number of rotatable bonds is 7. The molecular weight excluding hydrogens is 793 g/mol. The van der Waals surface area contributed by atoms with Gasteiger partial charge in [-0.05, 0) is 170 Å². The third-order valence-electron chi connectivity index (χ3n) is 18.9. The van der Waals surface area contributed by atoms with Crippen molar-refractivity contribution in [2.45, 2.75) is 165 Å². The molecule has 0 aromatic carbocycles. The van der Waals surface area contributed by atoms with Crippen molar-refractivity contribution in [1.82, 2.24) is 16.0 Å². The summed E-state index contributed by atoms with van der Waals surface area (Å²) in [5.41, 5.74) is 6.47. The minimum Gasteiger partial charge on any atom is -0.456 e. The van der Waals surface area contributed by atoms with Crippen LogP contribution in [-0.4, -0.2) is 131 Å². The molecule has 4 bridgehead atoms. The number of carbonyl (C=O) groups excluding carboxylic acids is 2. The van der Waals surface area contributed by atoms with Gasteiger partial charge in [0.1, 0.15) is 17.5 Å². The van der Waals surface area contributed by atoms with E-state index in [2.05, 4.69) is 29.8 Å². The van der Waals surface area contributed by atoms with E-state index in [0.717, 1.165) is 70.8 Å². The number of piperidine rings is 3. The van der Waals surface area contributed by atoms with Crippen molar-refractivity contribution in [1.29, 1.82) is 0 Å². The van der Waals surface area contributed by atoms with Crippen LogP contribution in [0.5, 0.6) is 0 Å². The highest BCUT2D eigenvalue weighted by Gasteiger charge is 2.67. The van der Waals surface area contributed by atoms with E-state index < -0.39 is 72.6 Å². The van der Waals surface area contributed by atoms with Gasteiger partial charge in [0.15, 0.2) is 0 Å². The Morgan fingerprint density at radius 2 is 1.66 bits per heavy atom. The van der Waals surface area contributed by atoms with Crippen LogP contribution in [0.3, 0.4) is 0 Å². The number of allylic oxidation sites excluding steroid dienone is 1. The first kappa shape index (κ1) is 45.6. The molecule has 3 aliphatic carbocycles. The molecule has 3 saturated carbocycles. The zero-order valence-corrected chi connectivity index (χ0v) is 37.4. The summed E-state index contributed by atoms with van der Waals surface area (Å²) in [5.74, 6) is -1.97. The molecule has 23 unspecified atom stereocenters. The molecule has 0 amide bonds. The van der Waals surface area contributed by atoms with Gasteiger partial charge in [-0.15, -0.1) is 0 Å². The second-order valence-corrected chi connectivity index (χ2v) is 21.9. The summed E-state index contributed by atoms with van der Waals surface area (Å²) in [6, 6.07) is 0.470. The van der Waals surface area contributed by atoms with Gasteiger partial charge in [0, 0.05) is 30.9 Å². The number of carbonyl (C=O) groups is 2. The van der Waals surface area contributed by atoms with Crippen LogP contribution in [0.25, 0.3) is 0 Å². The number of Topliss-reactive ketones (excluding diaryl/α,β-unsaturated/α-hetero) is 1. The third kappa shape index (κ3) is 8.19. The number of aliphatic hydroxyl groups excluding tert-OH is 5. The molecule has 350 valence electrons. The number of fused-ring (bicyclic) bond motifs is 6. The highest BCUT2D eigenvalue weighted by Crippen LogP contribution is 2.61. The number of hydrogen-bond donors (Lipinski definition) is 9. The maximum Gasteiger partial charge on any atom is 0.336 e. The van der Waals surface area contributed by atoms with E-state index in [1.807, 2.05) is 0 Å². The van der Waals surface area contributed by atoms with Crippen LogP contribution >= 0.6 is 0 Å². The smallest absolute Gasteiger partial charge is 0.336 e. The van der Waals surface area contributed by atoms with Gasteiger partial charge >= 0.3 is 5.97 Å². The Bertz CT molecular complexity index is 1640. The van der Waals surface area contributed by atoms with Crippen LogP contribution < -0.4 is 21.7 Å². The van der Waals surface area contributed by atoms with E-state index in [9.17, 15) is 35.1 Å². The van der Waals surface area contributed by atoms with Crippen molar-refractivity contribution >= 4 is 11.8 Å². The normalized spacial score (nSPS) is 51.9. The SMILES string of the molecule is CC=C(CO)C(=O)OC1CC2C(O)C3C(=O)CC(CO)OC3C3C2OC1(C)C(CC1CNC2NC(C)CCC2C1)CC1CCC2CCC(O)CC2C(CO)C3C2CCNC(N)C12. The molecule has 9 fully saturated rings. The van der Waals surface area contributed by atoms with Crippen LogP contribution in [0, 0.1) is 76.9 Å². The summed E-state index contributed by atoms with van der Waals surface area (Å²) in [7, 11) is 0. The van der Waals surface area contributed by atoms with Gasteiger partial charge in [0.25, 0.3) is 0 Å². The highest BCUT2D eigenvalue weighted by molar-refractivity contribution is 5.88. The standard InChI is InChI=1S/C48H78N4O10/c1-4-25(20-53)47(59)61-37-18-34-42(58)40-36(57)17-31(21-54)60-44(40)41-39-32-11-12-50-45(49)38(32)27(8-7-26-9-10-30(56)16-33(26)35(39)22-55)15-29(48(37,3)62-43(34)41)14-24-13-28-6-5-23(2)52-46(28)51-19-24/h4,23-24,26-35,37-46,50-56,58H,5-22,49H2,1-3H3. The first-order chi connectivity index (χ1) is 29.9. The Morgan fingerprint density at radius 3 is 2.42 bits per heavy atom. The van der Waals surface area contributed by atoms with Crippen LogP contribution in [0.15, 0.2) is 11.6 Å². The molecule has 10 N–H and O–H groups in total. The van der Waals surface area contributed by atoms with Crippen molar-refractivity contribution in [3.8, 4) is 0 Å². The molecule has 0 spiro atoms. The largest absolute Gasteiger partial charge is 0.456 e. The molecule has 14 nitrogen and oxygen atoms in total. The number of esters is 1. The molecule has 6 aliphatic heterocycles. The summed E-state index contributed by atoms with van der Waals surface area (Å²) < 4.78 is 21.3. The minimum absolute atomic E-state index is 0.0115. The Labute approximate surface area is 368 Å². The van der Waals surface area contributed by atoms with Crippen LogP contribution in [-0.2, 0) is 23.8 Å². The number of nitrogens with one attached hydrogen (secondary N) is 3. The number of ether oxygens (including phenoxy) is 3. The van der Waals surface area contributed by atoms with E-state index in [1.54, 1.807) is 13.0 Å². The Hall–Kier alpha value is -1.56. The van der Waals surface area contributed by atoms with E-state index in [1.165, 1.54) is 0 Å². The monoisotopic (exact) mass is 871 g/mol. The molecule has 9 aliphatic rings. The maximum absolute atomic E-state index is 14.4. The van der Waals surface area contributed by atoms with Crippen molar-refractivity contribution in [3.05, 3.63) is 11.6 Å². The highest BCUT2D eigenvalue weighted by atomic mass is 16.6. The number of nitrogens with two attached hydrogens (primary N) is 1. The molecule has 0 aromatic rings. The number of aliphatic hydroxyl groups is 5. The molecule has 6 heterocycles. The van der Waals surface area contributed by atoms with Crippen LogP contribution in [0.2, 0.25) is 0 Å². The van der Waals surface area contributed by atoms with Crippen molar-refractivity contribution in [2.24, 2.45) is 82.7 Å². The predicted molar refractivity (Wildman–Crippen MR) is 230 cm³/mol. The quantitative estimate of drug-likeness (QED) is 0.132. The van der Waals surface area contributed by atoms with Gasteiger partial charge in [0.2, 0.25) is 0 Å². The number of hydrogen-bond acceptors (Lipinski definition) is 14. The van der Waals surface area contributed by atoms with E-state index in [0.29, 0.717) is 30.8 Å². The Balaban J connectivity index is 1.22. The molecular formula is C48H78N4O10. The van der Waals surface area contributed by atoms with Gasteiger partial charge in [-0.25, -0.2) is 4.79 Å². The fourth-order valence-corrected chi connectivity index (χ4v) is 15.9. The fraction of sp³-hybridized carbons (Fsp3) is 0.917. The van der Waals surface area contributed by atoms with E-state index in [4.69, 9.17) is 19.9 Å². The Morgan fingerprint density at radius 1 is 0.887 bits per heavy atom. The van der Waals surface area contributed by atoms with Crippen molar-refractivity contribution < 1.29 is 49.3 Å². The minimum atomic E-state index is -1.16. The van der Waals surface area contributed by atoms with E-state index >= 15 is 0 Å². The molecule has 0 aromatic heterocycles. The summed E-state index contributed by atoms with van der Waals surface area (Å²) in [5, 5.41) is 68.0. The third-order valence-corrected chi connectivity index (χ3v) is 18.9. The molecule has 6 saturated heterocycles. The lowest BCUT2D eigenvalue weighted by Crippen LogP contribution is -2.72. The van der Waals surface area contributed by atoms with Gasteiger partial charge in [-0.1, -0.05) is 6.08 Å². The lowest BCUT2D eigenvalue weighted by Gasteiger charge is -2.63. The lowest BCUT2D eigenvalue weighted by atomic mass is 9.50. The zero-order valence-electron chi connectivity index (χ0n) is 37.4. The summed E-state index contributed by atoms with van der Waals surface area (Å²) in [6.45, 7) is 6.74. The summed E-state index contributed by atoms with van der Waals surface area (Å²) in [4.78, 5) is 28.5. The van der Waals surface area contributed by atoms with Crippen LogP contribution in [0.1, 0.15) is 104 Å². The summed E-state index contributed by atoms with van der Waals surface area (Å²) in [6.07, 6.45) is 7.11. The predicted octanol–water partition coefficient (Wildman–Crippen LogP) is 1.98. The average Bonchev–Trinajstić information content (AvgIpc) is 3.30. The second-order valence-electron chi connectivity index (χ2n) is 21.9. The summed E-state index contributed by atoms with van der Waals surface area (Å²) >= 11 is 0. The van der Waals surface area contributed by atoms with Gasteiger partial charge in [-0.3, -0.25) is 10.1 Å². The van der Waals surface area contributed by atoms with Gasteiger partial charge in [-0.2, -0.15) is 0 Å². The van der Waals surface area contributed by atoms with Crippen molar-refractivity contribution in [2.75, 3.05) is 32.9 Å². The first-order valence-electron chi connectivity index (χ1n) is 24.8. The molecule has 23 atom stereocenters. The second kappa shape index (κ2) is 18.6. The average molecular weight is 871 g/mol. The van der Waals surface area contributed by atoms with Gasteiger partial charge < -0.3 is 56.1 Å². The molecule has 9 rings (SSSR count). The molecule has 62 heavy (non-hydrogen) atoms. The topological polar surface area (TPSA) is 225 Å². The molecule has 14 heteroatoms. The van der Waals surface area contributed by atoms with Crippen molar-refractivity contribution in [3.63, 3.8) is 0 Å². The zero-order chi connectivity index (χ0) is 43.6. The number of ketones is 1. The van der Waals surface area contributed by atoms with Crippen LogP contribution in [0.4, 0.5) is 0 Å².